The number of ether oxygens (including phenoxy) is 1. The number of nitrogens with one attached hydrogen (secondary N) is 1. The second-order valence-electron chi connectivity index (χ2n) is 4.22. The summed E-state index contributed by atoms with van der Waals surface area (Å²) in [5.41, 5.74) is 7.42. The van der Waals surface area contributed by atoms with E-state index in [2.05, 4.69) is 14.9 Å². The third-order valence-electron chi connectivity index (χ3n) is 2.50. The van der Waals surface area contributed by atoms with Gasteiger partial charge in [0.15, 0.2) is 0 Å². The summed E-state index contributed by atoms with van der Waals surface area (Å²) in [5.74, 6) is 1.65. The Balaban J connectivity index is 2.08. The molecule has 0 aliphatic heterocycles. The molecule has 3 N–H and O–H groups in total. The van der Waals surface area contributed by atoms with Gasteiger partial charge in [-0.15, -0.1) is 0 Å². The average Bonchev–Trinajstić information content (AvgIpc) is 2.70. The summed E-state index contributed by atoms with van der Waals surface area (Å²) in [6.45, 7) is 2.00. The topological polar surface area (TPSA) is 67.2 Å². The van der Waals surface area contributed by atoms with E-state index in [1.165, 1.54) is 0 Å². The van der Waals surface area contributed by atoms with Crippen LogP contribution in [0.4, 0.5) is 0 Å². The van der Waals surface area contributed by atoms with Crippen LogP contribution in [0.5, 0.6) is 5.75 Å². The summed E-state index contributed by atoms with van der Waals surface area (Å²) in [5, 5.41) is 0. The molecule has 17 heavy (non-hydrogen) atoms. The second kappa shape index (κ2) is 5.16. The van der Waals surface area contributed by atoms with Crippen LogP contribution in [0, 0.1) is 0 Å². The molecule has 0 unspecified atom stereocenters. The largest absolute Gasteiger partial charge is 0.492 e. The SMILES string of the molecule is CN(C)CCOc1ccc2nc(CN)[nH]c2c1. The van der Waals surface area contributed by atoms with Gasteiger partial charge in [0, 0.05) is 12.6 Å². The van der Waals surface area contributed by atoms with Crippen LogP contribution in [0.25, 0.3) is 11.0 Å². The van der Waals surface area contributed by atoms with E-state index in [0.717, 1.165) is 29.2 Å². The first kappa shape index (κ1) is 11.9. The number of nitrogens with two attached hydrogens (primary N) is 1. The van der Waals surface area contributed by atoms with Gasteiger partial charge in [-0.05, 0) is 26.2 Å². The van der Waals surface area contributed by atoms with E-state index in [-0.39, 0.29) is 0 Å². The van der Waals surface area contributed by atoms with E-state index in [1.807, 2.05) is 32.3 Å². The Morgan fingerprint density at radius 2 is 2.24 bits per heavy atom. The lowest BCUT2D eigenvalue weighted by atomic mass is 10.3. The minimum Gasteiger partial charge on any atom is -0.492 e. The van der Waals surface area contributed by atoms with Gasteiger partial charge in [0.1, 0.15) is 18.2 Å². The smallest absolute Gasteiger partial charge is 0.121 e. The molecule has 0 amide bonds. The van der Waals surface area contributed by atoms with E-state index in [0.29, 0.717) is 13.2 Å². The molecule has 0 radical (unpaired) electrons. The fourth-order valence-electron chi connectivity index (χ4n) is 1.57. The van der Waals surface area contributed by atoms with Crippen molar-refractivity contribution in [3.05, 3.63) is 24.0 Å². The lowest BCUT2D eigenvalue weighted by Crippen LogP contribution is -2.19. The highest BCUT2D eigenvalue weighted by molar-refractivity contribution is 5.76. The highest BCUT2D eigenvalue weighted by Gasteiger charge is 2.03. The second-order valence-corrected chi connectivity index (χ2v) is 4.22. The molecule has 0 spiro atoms. The number of imidazole rings is 1. The van der Waals surface area contributed by atoms with E-state index >= 15 is 0 Å². The van der Waals surface area contributed by atoms with Crippen molar-refractivity contribution in [3.8, 4) is 5.75 Å². The molecule has 0 saturated heterocycles. The molecule has 2 aromatic rings. The minimum atomic E-state index is 0.422. The summed E-state index contributed by atoms with van der Waals surface area (Å²) in [6, 6.07) is 5.83. The summed E-state index contributed by atoms with van der Waals surface area (Å²) in [6.07, 6.45) is 0. The third-order valence-corrected chi connectivity index (χ3v) is 2.50. The zero-order valence-corrected chi connectivity index (χ0v) is 10.2. The summed E-state index contributed by atoms with van der Waals surface area (Å²) < 4.78 is 5.65. The Labute approximate surface area is 101 Å². The lowest BCUT2D eigenvalue weighted by Gasteiger charge is -2.10. The van der Waals surface area contributed by atoms with Gasteiger partial charge in [-0.25, -0.2) is 4.98 Å². The number of fused-ring (bicyclic) bond motifs is 1. The molecule has 0 bridgehead atoms. The first-order chi connectivity index (χ1) is 8.19. The van der Waals surface area contributed by atoms with Crippen molar-refractivity contribution in [3.63, 3.8) is 0 Å². The van der Waals surface area contributed by atoms with E-state index in [9.17, 15) is 0 Å². The molecular formula is C12H18N4O. The van der Waals surface area contributed by atoms with Gasteiger partial charge >= 0.3 is 0 Å². The molecule has 0 saturated carbocycles. The predicted molar refractivity (Wildman–Crippen MR) is 68.0 cm³/mol. The van der Waals surface area contributed by atoms with Crippen molar-refractivity contribution in [1.82, 2.24) is 14.9 Å². The van der Waals surface area contributed by atoms with E-state index in [1.54, 1.807) is 0 Å². The molecule has 2 rings (SSSR count). The number of aromatic amines is 1. The number of hydrogen-bond donors (Lipinski definition) is 2. The number of H-pyrrole nitrogens is 1. The van der Waals surface area contributed by atoms with Crippen molar-refractivity contribution in [2.75, 3.05) is 27.2 Å². The first-order valence-corrected chi connectivity index (χ1v) is 5.65. The molecule has 0 fully saturated rings. The quantitative estimate of drug-likeness (QED) is 0.808. The zero-order valence-electron chi connectivity index (χ0n) is 10.2. The Bertz CT molecular complexity index is 492. The number of aromatic nitrogens is 2. The Morgan fingerprint density at radius 1 is 1.41 bits per heavy atom. The number of nitrogens with zero attached hydrogens (tertiary/aromatic N) is 2. The third kappa shape index (κ3) is 2.95. The van der Waals surface area contributed by atoms with Crippen LogP contribution in [0.15, 0.2) is 18.2 Å². The average molecular weight is 234 g/mol. The maximum atomic E-state index is 5.65. The molecule has 5 heteroatoms. The number of benzene rings is 1. The zero-order chi connectivity index (χ0) is 12.3. The van der Waals surface area contributed by atoms with Crippen molar-refractivity contribution < 1.29 is 4.74 Å². The first-order valence-electron chi connectivity index (χ1n) is 5.65. The molecule has 1 aromatic heterocycles. The molecule has 1 heterocycles. The van der Waals surface area contributed by atoms with Gasteiger partial charge in [-0.2, -0.15) is 0 Å². The van der Waals surface area contributed by atoms with Crippen LogP contribution < -0.4 is 10.5 Å². The normalized spacial score (nSPS) is 11.3. The molecule has 0 aliphatic rings. The molecule has 1 aromatic carbocycles. The predicted octanol–water partition coefficient (Wildman–Crippen LogP) is 0.962. The van der Waals surface area contributed by atoms with Gasteiger partial charge < -0.3 is 20.4 Å². The molecule has 92 valence electrons. The number of hydrogen-bond acceptors (Lipinski definition) is 4. The maximum Gasteiger partial charge on any atom is 0.121 e. The summed E-state index contributed by atoms with van der Waals surface area (Å²) in [4.78, 5) is 9.58. The van der Waals surface area contributed by atoms with Crippen LogP contribution in [0.2, 0.25) is 0 Å². The molecular weight excluding hydrogens is 216 g/mol. The van der Waals surface area contributed by atoms with Crippen LogP contribution >= 0.6 is 0 Å². The monoisotopic (exact) mass is 234 g/mol. The minimum absolute atomic E-state index is 0.422. The Morgan fingerprint density at radius 3 is 2.94 bits per heavy atom. The summed E-state index contributed by atoms with van der Waals surface area (Å²) in [7, 11) is 4.05. The van der Waals surface area contributed by atoms with Crippen molar-refractivity contribution in [2.45, 2.75) is 6.54 Å². The van der Waals surface area contributed by atoms with Gasteiger partial charge in [0.05, 0.1) is 17.6 Å². The van der Waals surface area contributed by atoms with Gasteiger partial charge in [0.2, 0.25) is 0 Å². The number of likely N-dealkylation sites (N-methyl/N-ethyl adjacent to an activating group) is 1. The fourth-order valence-corrected chi connectivity index (χ4v) is 1.57. The van der Waals surface area contributed by atoms with Gasteiger partial charge in [-0.3, -0.25) is 0 Å². The van der Waals surface area contributed by atoms with Crippen molar-refractivity contribution in [1.29, 1.82) is 0 Å². The Hall–Kier alpha value is -1.59. The van der Waals surface area contributed by atoms with Crippen LogP contribution in [0.3, 0.4) is 0 Å². The standard InChI is InChI=1S/C12H18N4O/c1-16(2)5-6-17-9-3-4-10-11(7-9)15-12(8-13)14-10/h3-4,7H,5-6,8,13H2,1-2H3,(H,14,15). The summed E-state index contributed by atoms with van der Waals surface area (Å²) >= 11 is 0. The fraction of sp³-hybridized carbons (Fsp3) is 0.417. The van der Waals surface area contributed by atoms with Gasteiger partial charge in [-0.1, -0.05) is 0 Å². The van der Waals surface area contributed by atoms with E-state index < -0.39 is 0 Å². The highest BCUT2D eigenvalue weighted by Crippen LogP contribution is 2.18. The lowest BCUT2D eigenvalue weighted by molar-refractivity contribution is 0.261. The molecule has 0 atom stereocenters. The Kier molecular flexibility index (Phi) is 3.61. The molecule has 0 aliphatic carbocycles. The van der Waals surface area contributed by atoms with Crippen LogP contribution in [0.1, 0.15) is 5.82 Å². The van der Waals surface area contributed by atoms with E-state index in [4.69, 9.17) is 10.5 Å². The van der Waals surface area contributed by atoms with Gasteiger partial charge in [0.25, 0.3) is 0 Å². The molecule has 5 nitrogen and oxygen atoms in total. The van der Waals surface area contributed by atoms with Crippen LogP contribution in [-0.2, 0) is 6.54 Å². The number of rotatable bonds is 5. The highest BCUT2D eigenvalue weighted by atomic mass is 16.5. The van der Waals surface area contributed by atoms with Crippen molar-refractivity contribution in [2.24, 2.45) is 5.73 Å². The maximum absolute atomic E-state index is 5.65. The van der Waals surface area contributed by atoms with Crippen molar-refractivity contribution >= 4 is 11.0 Å². The van der Waals surface area contributed by atoms with Crippen LogP contribution in [-0.4, -0.2) is 42.1 Å².